The molecule has 0 saturated carbocycles. The molecule has 2 heteroatoms. The van der Waals surface area contributed by atoms with Gasteiger partial charge in [-0.15, -0.1) is 0 Å². The molecule has 0 spiro atoms. The van der Waals surface area contributed by atoms with Gasteiger partial charge in [0.2, 0.25) is 0 Å². The molecule has 1 aromatic rings. The predicted octanol–water partition coefficient (Wildman–Crippen LogP) is 3.34. The first-order valence-electron chi connectivity index (χ1n) is 6.02. The molecule has 0 aromatic heterocycles. The summed E-state index contributed by atoms with van der Waals surface area (Å²) in [7, 11) is 1.43. The number of carbonyl (C=O) groups is 1. The standard InChI is InChI=1S/C15H22O2/c1-11(14(16)17-5)10-12-6-8-13(9-7-12)15(2,3)4/h6-9,11H,10H2,1-5H3/t11-/m0/s1. The van der Waals surface area contributed by atoms with Crippen molar-refractivity contribution in [2.45, 2.75) is 39.5 Å². The van der Waals surface area contributed by atoms with Crippen LogP contribution in [0.2, 0.25) is 0 Å². The van der Waals surface area contributed by atoms with Crippen molar-refractivity contribution in [3.8, 4) is 0 Å². The summed E-state index contributed by atoms with van der Waals surface area (Å²) in [6, 6.07) is 8.47. The van der Waals surface area contributed by atoms with E-state index in [1.165, 1.54) is 18.2 Å². The molecule has 2 nitrogen and oxygen atoms in total. The van der Waals surface area contributed by atoms with Gasteiger partial charge in [0.05, 0.1) is 13.0 Å². The van der Waals surface area contributed by atoms with Gasteiger partial charge in [0.1, 0.15) is 0 Å². The maximum atomic E-state index is 11.3. The second-order valence-electron chi connectivity index (χ2n) is 5.58. The van der Waals surface area contributed by atoms with Crippen LogP contribution in [0.4, 0.5) is 0 Å². The highest BCUT2D eigenvalue weighted by atomic mass is 16.5. The number of benzene rings is 1. The van der Waals surface area contributed by atoms with Gasteiger partial charge in [0.25, 0.3) is 0 Å². The summed E-state index contributed by atoms with van der Waals surface area (Å²) in [6.07, 6.45) is 0.733. The third-order valence-corrected chi connectivity index (χ3v) is 2.97. The minimum Gasteiger partial charge on any atom is -0.469 e. The Hall–Kier alpha value is -1.31. The summed E-state index contributed by atoms with van der Waals surface area (Å²) in [5.74, 6) is -0.231. The number of hydrogen-bond acceptors (Lipinski definition) is 2. The summed E-state index contributed by atoms with van der Waals surface area (Å²) < 4.78 is 4.72. The highest BCUT2D eigenvalue weighted by Crippen LogP contribution is 2.22. The fourth-order valence-corrected chi connectivity index (χ4v) is 1.78. The van der Waals surface area contributed by atoms with Crippen LogP contribution in [0.1, 0.15) is 38.8 Å². The predicted molar refractivity (Wildman–Crippen MR) is 70.0 cm³/mol. The van der Waals surface area contributed by atoms with E-state index in [-0.39, 0.29) is 17.3 Å². The van der Waals surface area contributed by atoms with Gasteiger partial charge in [0.15, 0.2) is 0 Å². The lowest BCUT2D eigenvalue weighted by atomic mass is 9.86. The van der Waals surface area contributed by atoms with Gasteiger partial charge in [0, 0.05) is 0 Å². The molecule has 0 amide bonds. The number of esters is 1. The zero-order valence-electron chi connectivity index (χ0n) is 11.4. The van der Waals surface area contributed by atoms with Crippen molar-refractivity contribution in [2.24, 2.45) is 5.92 Å². The molecule has 0 saturated heterocycles. The van der Waals surface area contributed by atoms with Crippen LogP contribution >= 0.6 is 0 Å². The van der Waals surface area contributed by atoms with E-state index < -0.39 is 0 Å². The van der Waals surface area contributed by atoms with Gasteiger partial charge >= 0.3 is 5.97 Å². The van der Waals surface area contributed by atoms with Crippen LogP contribution in [0, 0.1) is 5.92 Å². The van der Waals surface area contributed by atoms with Gasteiger partial charge in [-0.25, -0.2) is 0 Å². The molecule has 0 aliphatic rings. The van der Waals surface area contributed by atoms with Crippen LogP contribution in [0.3, 0.4) is 0 Å². The van der Waals surface area contributed by atoms with Gasteiger partial charge in [-0.1, -0.05) is 52.0 Å². The Morgan fingerprint density at radius 3 is 2.18 bits per heavy atom. The van der Waals surface area contributed by atoms with Crippen molar-refractivity contribution in [2.75, 3.05) is 7.11 Å². The molecule has 0 bridgehead atoms. The first-order valence-corrected chi connectivity index (χ1v) is 6.02. The van der Waals surface area contributed by atoms with Crippen LogP contribution in [-0.4, -0.2) is 13.1 Å². The molecule has 0 fully saturated rings. The second kappa shape index (κ2) is 5.35. The Balaban J connectivity index is 2.72. The van der Waals surface area contributed by atoms with E-state index in [1.807, 2.05) is 6.92 Å². The highest BCUT2D eigenvalue weighted by molar-refractivity contribution is 5.72. The van der Waals surface area contributed by atoms with Crippen molar-refractivity contribution in [3.05, 3.63) is 35.4 Å². The second-order valence-corrected chi connectivity index (χ2v) is 5.58. The Labute approximate surface area is 104 Å². The summed E-state index contributed by atoms with van der Waals surface area (Å²) in [4.78, 5) is 11.3. The summed E-state index contributed by atoms with van der Waals surface area (Å²) >= 11 is 0. The van der Waals surface area contributed by atoms with Crippen LogP contribution in [0.15, 0.2) is 24.3 Å². The topological polar surface area (TPSA) is 26.3 Å². The number of rotatable bonds is 3. The molecule has 0 aliphatic heterocycles. The van der Waals surface area contributed by atoms with Crippen molar-refractivity contribution in [1.29, 1.82) is 0 Å². The van der Waals surface area contributed by atoms with E-state index in [1.54, 1.807) is 0 Å². The van der Waals surface area contributed by atoms with E-state index >= 15 is 0 Å². The minimum atomic E-state index is -0.148. The molecule has 0 aliphatic carbocycles. The zero-order chi connectivity index (χ0) is 13.1. The SMILES string of the molecule is COC(=O)[C@@H](C)Cc1ccc(C(C)(C)C)cc1. The van der Waals surface area contributed by atoms with Crippen LogP contribution in [0.25, 0.3) is 0 Å². The lowest BCUT2D eigenvalue weighted by molar-refractivity contribution is -0.144. The molecular formula is C15H22O2. The quantitative estimate of drug-likeness (QED) is 0.750. The largest absolute Gasteiger partial charge is 0.469 e. The Bertz CT molecular complexity index is 371. The normalized spacial score (nSPS) is 13.2. The van der Waals surface area contributed by atoms with E-state index in [0.29, 0.717) is 0 Å². The van der Waals surface area contributed by atoms with E-state index in [4.69, 9.17) is 4.74 Å². The first kappa shape index (κ1) is 13.8. The van der Waals surface area contributed by atoms with Gasteiger partial charge in [-0.3, -0.25) is 4.79 Å². The maximum absolute atomic E-state index is 11.3. The molecule has 0 heterocycles. The average Bonchev–Trinajstić information content (AvgIpc) is 2.27. The lowest BCUT2D eigenvalue weighted by Gasteiger charge is -2.19. The molecule has 0 N–H and O–H groups in total. The van der Waals surface area contributed by atoms with E-state index in [9.17, 15) is 4.79 Å². The molecular weight excluding hydrogens is 212 g/mol. The summed E-state index contributed by atoms with van der Waals surface area (Å²) in [6.45, 7) is 8.47. The van der Waals surface area contributed by atoms with Crippen molar-refractivity contribution >= 4 is 5.97 Å². The summed E-state index contributed by atoms with van der Waals surface area (Å²) in [5.41, 5.74) is 2.66. The summed E-state index contributed by atoms with van der Waals surface area (Å²) in [5, 5.41) is 0. The van der Waals surface area contributed by atoms with E-state index in [2.05, 4.69) is 45.0 Å². The third kappa shape index (κ3) is 3.88. The van der Waals surface area contributed by atoms with Gasteiger partial charge < -0.3 is 4.74 Å². The van der Waals surface area contributed by atoms with Gasteiger partial charge in [-0.05, 0) is 23.0 Å². The number of carbonyl (C=O) groups excluding carboxylic acids is 1. The van der Waals surface area contributed by atoms with Crippen LogP contribution in [-0.2, 0) is 21.4 Å². The zero-order valence-corrected chi connectivity index (χ0v) is 11.4. The molecule has 1 aromatic carbocycles. The Kier molecular flexibility index (Phi) is 4.33. The Morgan fingerprint density at radius 1 is 1.24 bits per heavy atom. The molecule has 1 atom stereocenters. The molecule has 17 heavy (non-hydrogen) atoms. The molecule has 0 radical (unpaired) electrons. The highest BCUT2D eigenvalue weighted by Gasteiger charge is 2.15. The Morgan fingerprint density at radius 2 is 1.76 bits per heavy atom. The number of ether oxygens (including phenoxy) is 1. The average molecular weight is 234 g/mol. The number of methoxy groups -OCH3 is 1. The lowest BCUT2D eigenvalue weighted by Crippen LogP contribution is -2.15. The molecule has 1 rings (SSSR count). The van der Waals surface area contributed by atoms with Crippen molar-refractivity contribution in [1.82, 2.24) is 0 Å². The van der Waals surface area contributed by atoms with Gasteiger partial charge in [-0.2, -0.15) is 0 Å². The molecule has 0 unspecified atom stereocenters. The minimum absolute atomic E-state index is 0.0829. The third-order valence-electron chi connectivity index (χ3n) is 2.97. The monoisotopic (exact) mass is 234 g/mol. The van der Waals surface area contributed by atoms with Crippen molar-refractivity contribution in [3.63, 3.8) is 0 Å². The van der Waals surface area contributed by atoms with Crippen LogP contribution in [0.5, 0.6) is 0 Å². The maximum Gasteiger partial charge on any atom is 0.308 e. The van der Waals surface area contributed by atoms with Crippen LogP contribution < -0.4 is 0 Å². The van der Waals surface area contributed by atoms with Crippen molar-refractivity contribution < 1.29 is 9.53 Å². The van der Waals surface area contributed by atoms with E-state index in [0.717, 1.165) is 6.42 Å². The fraction of sp³-hybridized carbons (Fsp3) is 0.533. The fourth-order valence-electron chi connectivity index (χ4n) is 1.78. The smallest absolute Gasteiger partial charge is 0.308 e. The number of hydrogen-bond donors (Lipinski definition) is 0. The first-order chi connectivity index (χ1) is 7.84. The molecule has 94 valence electrons.